The monoisotopic (exact) mass is 303 g/mol. The van der Waals surface area contributed by atoms with Gasteiger partial charge in [0.05, 0.1) is 28.7 Å². The minimum absolute atomic E-state index is 0.0344. The van der Waals surface area contributed by atoms with Crippen molar-refractivity contribution in [3.05, 3.63) is 45.0 Å². The molecule has 0 bridgehead atoms. The zero-order valence-corrected chi connectivity index (χ0v) is 11.4. The van der Waals surface area contributed by atoms with E-state index in [0.29, 0.717) is 10.8 Å². The summed E-state index contributed by atoms with van der Waals surface area (Å²) in [5.41, 5.74) is 5.80. The molecule has 8 nitrogen and oxygen atoms in total. The van der Waals surface area contributed by atoms with Crippen molar-refractivity contribution in [1.82, 2.24) is 4.98 Å². The van der Waals surface area contributed by atoms with Crippen LogP contribution in [0, 0.1) is 21.4 Å². The second-order valence-corrected chi connectivity index (χ2v) is 4.89. The van der Waals surface area contributed by atoms with Gasteiger partial charge in [0.15, 0.2) is 5.13 Å². The van der Waals surface area contributed by atoms with Crippen molar-refractivity contribution in [1.29, 1.82) is 5.26 Å². The fourth-order valence-electron chi connectivity index (χ4n) is 1.62. The van der Waals surface area contributed by atoms with E-state index in [0.717, 1.165) is 6.07 Å². The number of carbonyl (C=O) groups excluding carboxylic acids is 1. The average molecular weight is 303 g/mol. The number of anilines is 2. The molecule has 0 atom stereocenters. The molecule has 0 spiro atoms. The molecule has 21 heavy (non-hydrogen) atoms. The molecule has 0 unspecified atom stereocenters. The maximum Gasteiger partial charge on any atom is 0.294 e. The molecule has 1 heterocycles. The SMILES string of the molecule is N#Cc1ccc(NC(=O)Cc2csc(N)n2)c([N+](=O)[O-])c1. The van der Waals surface area contributed by atoms with Crippen LogP contribution in [0.3, 0.4) is 0 Å². The van der Waals surface area contributed by atoms with Crippen molar-refractivity contribution >= 4 is 33.8 Å². The standard InChI is InChI=1S/C12H9N5O3S/c13-5-7-1-2-9(10(3-7)17(19)20)16-11(18)4-8-6-21-12(14)15-8/h1-3,6H,4H2,(H2,14,15)(H,16,18). The first-order valence-corrected chi connectivity index (χ1v) is 6.56. The molecular formula is C12H9N5O3S. The van der Waals surface area contributed by atoms with Crippen LogP contribution in [-0.4, -0.2) is 15.8 Å². The van der Waals surface area contributed by atoms with Gasteiger partial charge in [-0.1, -0.05) is 0 Å². The highest BCUT2D eigenvalue weighted by Crippen LogP contribution is 2.25. The number of nitrogens with zero attached hydrogens (tertiary/aromatic N) is 3. The molecule has 0 aliphatic rings. The number of hydrogen-bond donors (Lipinski definition) is 2. The molecule has 1 aromatic heterocycles. The number of nitro benzene ring substituents is 1. The number of amides is 1. The lowest BCUT2D eigenvalue weighted by molar-refractivity contribution is -0.383. The van der Waals surface area contributed by atoms with Gasteiger partial charge >= 0.3 is 0 Å². The van der Waals surface area contributed by atoms with Crippen LogP contribution in [0.25, 0.3) is 0 Å². The Morgan fingerprint density at radius 2 is 2.33 bits per heavy atom. The van der Waals surface area contributed by atoms with Gasteiger partial charge in [-0.3, -0.25) is 14.9 Å². The number of benzene rings is 1. The Bertz CT molecular complexity index is 750. The van der Waals surface area contributed by atoms with Crippen molar-refractivity contribution in [3.63, 3.8) is 0 Å². The van der Waals surface area contributed by atoms with Gasteiger partial charge in [0.2, 0.25) is 5.91 Å². The number of carbonyl (C=O) groups is 1. The average Bonchev–Trinajstić information content (AvgIpc) is 2.84. The fraction of sp³-hybridized carbons (Fsp3) is 0.0833. The Labute approximate surface area is 123 Å². The molecule has 3 N–H and O–H groups in total. The van der Waals surface area contributed by atoms with Crippen LogP contribution < -0.4 is 11.1 Å². The highest BCUT2D eigenvalue weighted by Gasteiger charge is 2.17. The quantitative estimate of drug-likeness (QED) is 0.651. The van der Waals surface area contributed by atoms with Gasteiger partial charge in [-0.05, 0) is 12.1 Å². The van der Waals surface area contributed by atoms with E-state index in [1.54, 1.807) is 11.4 Å². The van der Waals surface area contributed by atoms with E-state index in [1.807, 2.05) is 0 Å². The van der Waals surface area contributed by atoms with Gasteiger partial charge in [0.1, 0.15) is 5.69 Å². The minimum atomic E-state index is -0.655. The molecule has 0 aliphatic carbocycles. The minimum Gasteiger partial charge on any atom is -0.375 e. The summed E-state index contributed by atoms with van der Waals surface area (Å²) in [6.45, 7) is 0. The van der Waals surface area contributed by atoms with Crippen molar-refractivity contribution < 1.29 is 9.72 Å². The van der Waals surface area contributed by atoms with E-state index in [9.17, 15) is 14.9 Å². The maximum atomic E-state index is 11.8. The Balaban J connectivity index is 2.17. The molecule has 0 fully saturated rings. The summed E-state index contributed by atoms with van der Waals surface area (Å²) in [5.74, 6) is -0.451. The van der Waals surface area contributed by atoms with Gasteiger partial charge in [-0.2, -0.15) is 5.26 Å². The lowest BCUT2D eigenvalue weighted by Crippen LogP contribution is -2.15. The van der Waals surface area contributed by atoms with E-state index < -0.39 is 10.8 Å². The zero-order valence-electron chi connectivity index (χ0n) is 10.6. The molecular weight excluding hydrogens is 294 g/mol. The van der Waals surface area contributed by atoms with E-state index in [-0.39, 0.29) is 23.4 Å². The molecule has 0 saturated carbocycles. The van der Waals surface area contributed by atoms with Gasteiger partial charge < -0.3 is 11.1 Å². The summed E-state index contributed by atoms with van der Waals surface area (Å²) in [7, 11) is 0. The molecule has 106 valence electrons. The Hall–Kier alpha value is -2.99. The largest absolute Gasteiger partial charge is 0.375 e. The Morgan fingerprint density at radius 3 is 2.90 bits per heavy atom. The van der Waals surface area contributed by atoms with Crippen molar-refractivity contribution in [3.8, 4) is 6.07 Å². The van der Waals surface area contributed by atoms with Gasteiger partial charge in [-0.25, -0.2) is 4.98 Å². The van der Waals surface area contributed by atoms with Crippen LogP contribution in [0.4, 0.5) is 16.5 Å². The second kappa shape index (κ2) is 5.98. The van der Waals surface area contributed by atoms with Crippen LogP contribution in [0.1, 0.15) is 11.3 Å². The molecule has 1 aromatic carbocycles. The third-order valence-corrected chi connectivity index (χ3v) is 3.23. The Morgan fingerprint density at radius 1 is 1.57 bits per heavy atom. The number of nitriles is 1. The second-order valence-electron chi connectivity index (χ2n) is 4.00. The normalized spacial score (nSPS) is 9.86. The van der Waals surface area contributed by atoms with Crippen LogP contribution in [0.2, 0.25) is 0 Å². The van der Waals surface area contributed by atoms with Gasteiger partial charge in [0.25, 0.3) is 5.69 Å². The number of rotatable bonds is 4. The number of nitrogens with one attached hydrogen (secondary N) is 1. The fourth-order valence-corrected chi connectivity index (χ4v) is 2.18. The summed E-state index contributed by atoms with van der Waals surface area (Å²) < 4.78 is 0. The summed E-state index contributed by atoms with van der Waals surface area (Å²) in [4.78, 5) is 26.1. The molecule has 2 rings (SSSR count). The van der Waals surface area contributed by atoms with Crippen molar-refractivity contribution in [2.24, 2.45) is 0 Å². The number of thiazole rings is 1. The number of nitrogens with two attached hydrogens (primary N) is 1. The highest BCUT2D eigenvalue weighted by molar-refractivity contribution is 7.13. The van der Waals surface area contributed by atoms with E-state index >= 15 is 0 Å². The lowest BCUT2D eigenvalue weighted by atomic mass is 10.2. The first kappa shape index (κ1) is 14.4. The highest BCUT2D eigenvalue weighted by atomic mass is 32.1. The van der Waals surface area contributed by atoms with Crippen molar-refractivity contribution in [2.45, 2.75) is 6.42 Å². The lowest BCUT2D eigenvalue weighted by Gasteiger charge is -2.05. The Kier molecular flexibility index (Phi) is 4.10. The summed E-state index contributed by atoms with van der Waals surface area (Å²) in [6.07, 6.45) is -0.0368. The van der Waals surface area contributed by atoms with E-state index in [4.69, 9.17) is 11.0 Å². The molecule has 0 saturated heterocycles. The first-order valence-electron chi connectivity index (χ1n) is 5.68. The summed E-state index contributed by atoms with van der Waals surface area (Å²) in [6, 6.07) is 5.63. The maximum absolute atomic E-state index is 11.8. The molecule has 9 heteroatoms. The number of nitrogen functional groups attached to an aromatic ring is 1. The predicted molar refractivity (Wildman–Crippen MR) is 76.7 cm³/mol. The van der Waals surface area contributed by atoms with Crippen LogP contribution in [0.15, 0.2) is 23.6 Å². The number of hydrogen-bond acceptors (Lipinski definition) is 7. The summed E-state index contributed by atoms with van der Waals surface area (Å²) >= 11 is 1.21. The molecule has 2 aromatic rings. The number of nitro groups is 1. The van der Waals surface area contributed by atoms with Crippen LogP contribution in [0.5, 0.6) is 0 Å². The van der Waals surface area contributed by atoms with Crippen LogP contribution in [-0.2, 0) is 11.2 Å². The smallest absolute Gasteiger partial charge is 0.294 e. The third kappa shape index (κ3) is 3.52. The summed E-state index contributed by atoms with van der Waals surface area (Å²) in [5, 5.41) is 24.1. The van der Waals surface area contributed by atoms with E-state index in [1.165, 1.54) is 23.5 Å². The zero-order chi connectivity index (χ0) is 15.4. The van der Waals surface area contributed by atoms with Gasteiger partial charge in [-0.15, -0.1) is 11.3 Å². The predicted octanol–water partition coefficient (Wildman–Crippen LogP) is 1.69. The first-order chi connectivity index (χ1) is 9.99. The topological polar surface area (TPSA) is 135 Å². The molecule has 0 radical (unpaired) electrons. The van der Waals surface area contributed by atoms with Gasteiger partial charge in [0, 0.05) is 11.4 Å². The number of aromatic nitrogens is 1. The van der Waals surface area contributed by atoms with Crippen molar-refractivity contribution in [2.75, 3.05) is 11.1 Å². The third-order valence-electron chi connectivity index (χ3n) is 2.51. The molecule has 0 aliphatic heterocycles. The van der Waals surface area contributed by atoms with E-state index in [2.05, 4.69) is 10.3 Å². The molecule has 1 amide bonds. The van der Waals surface area contributed by atoms with Crippen LogP contribution >= 0.6 is 11.3 Å².